The number of allylic oxidation sites excluding steroid dienone is 24. The Bertz CT molecular complexity index is 2580. The van der Waals surface area contributed by atoms with Crippen molar-refractivity contribution in [2.45, 2.75) is 341 Å². The number of aliphatic hydroxyl groups excluding tert-OH is 1. The summed E-state index contributed by atoms with van der Waals surface area (Å²) in [4.78, 5) is 73.0. The average Bonchev–Trinajstić information content (AvgIpc) is 0.901. The van der Waals surface area contributed by atoms with Crippen LogP contribution < -0.4 is 0 Å². The minimum atomic E-state index is -5.00. The molecule has 17 nitrogen and oxygen atoms in total. The first-order valence-corrected chi connectivity index (χ1v) is 44.1. The summed E-state index contributed by atoms with van der Waals surface area (Å²) < 4.78 is 68.5. The van der Waals surface area contributed by atoms with Gasteiger partial charge in [-0.05, 0) is 161 Å². The Morgan fingerprint density at radius 3 is 0.858 bits per heavy atom. The highest BCUT2D eigenvalue weighted by molar-refractivity contribution is 7.47. The van der Waals surface area contributed by atoms with E-state index in [2.05, 4.69) is 161 Å². The van der Waals surface area contributed by atoms with Crippen LogP contribution in [-0.2, 0) is 65.4 Å². The summed E-state index contributed by atoms with van der Waals surface area (Å²) in [5.41, 5.74) is 0. The number of unbranched alkanes of at least 4 members (excludes halogenated alkanes) is 26. The molecular weight excluding hydrogens is 1380 g/mol. The summed E-state index contributed by atoms with van der Waals surface area (Å²) in [6.07, 6.45) is 89.8. The quantitative estimate of drug-likeness (QED) is 0.0169. The third-order valence-electron chi connectivity index (χ3n) is 16.8. The molecule has 0 aromatic heterocycles. The molecule has 0 radical (unpaired) electrons. The number of aliphatic hydroxyl groups is 1. The normalized spacial score (nSPS) is 14.6. The topological polar surface area (TPSA) is 237 Å². The van der Waals surface area contributed by atoms with Gasteiger partial charge in [0.1, 0.15) is 19.3 Å². The van der Waals surface area contributed by atoms with Crippen molar-refractivity contribution >= 4 is 39.5 Å². The van der Waals surface area contributed by atoms with Crippen molar-refractivity contribution in [1.82, 2.24) is 0 Å². The number of hydrogen-bond acceptors (Lipinski definition) is 15. The number of phosphoric ester groups is 2. The van der Waals surface area contributed by atoms with Crippen LogP contribution >= 0.6 is 15.6 Å². The van der Waals surface area contributed by atoms with Gasteiger partial charge in [-0.25, -0.2) is 9.13 Å². The van der Waals surface area contributed by atoms with Gasteiger partial charge in [0.2, 0.25) is 0 Å². The maximum atomic E-state index is 13.1. The van der Waals surface area contributed by atoms with Gasteiger partial charge in [0.15, 0.2) is 12.2 Å². The van der Waals surface area contributed by atoms with E-state index in [0.717, 1.165) is 154 Å². The van der Waals surface area contributed by atoms with Crippen LogP contribution in [0, 0.1) is 0 Å². The second-order valence-electron chi connectivity index (χ2n) is 27.0. The standard InChI is InChI=1S/C87H146O17P2/c1-5-9-13-17-21-25-29-33-36-38-40-42-45-48-51-55-59-63-67-71-84(89)97-77-82(103-86(91)73-69-65-61-57-53-47-32-28-24-20-16-12-8-4)79-101-105(93,94)99-75-81(88)76-100-106(95,96)102-80-83(104-87(92)74-70-66-62-58-54-50-44-35-31-27-23-19-15-11-7-3)78-98-85(90)72-68-64-60-56-52-49-46-43-41-39-37-34-30-26-22-18-14-10-6-2/h9,13,21-22,25-26,28,32-37,40-44,48-49,51-52,60,64,81-83,88H,5-8,10-12,14-20,23-24,27,29-31,38-39,45-47,50,53-59,61-63,65-80H2,1-4H3,(H,93,94)(H,95,96)/b13-9-,25-21-,26-22-,32-28-,36-33-,37-34-,42-40-,43-41-,44-35-,51-48-,52-49-,64-60-/t81?,82-,83-/m1/s1. The van der Waals surface area contributed by atoms with E-state index in [4.69, 9.17) is 37.0 Å². The van der Waals surface area contributed by atoms with Crippen molar-refractivity contribution in [1.29, 1.82) is 0 Å². The smallest absolute Gasteiger partial charge is 0.462 e. The Morgan fingerprint density at radius 2 is 0.509 bits per heavy atom. The molecule has 5 atom stereocenters. The van der Waals surface area contributed by atoms with Crippen LogP contribution in [0.15, 0.2) is 146 Å². The van der Waals surface area contributed by atoms with Gasteiger partial charge >= 0.3 is 39.5 Å². The molecular formula is C87H146O17P2. The van der Waals surface area contributed by atoms with Crippen LogP contribution in [-0.4, -0.2) is 96.7 Å². The van der Waals surface area contributed by atoms with Crippen LogP contribution in [0.5, 0.6) is 0 Å². The van der Waals surface area contributed by atoms with Gasteiger partial charge in [-0.3, -0.25) is 37.3 Å². The van der Waals surface area contributed by atoms with Gasteiger partial charge in [0, 0.05) is 25.7 Å². The van der Waals surface area contributed by atoms with Crippen LogP contribution in [0.2, 0.25) is 0 Å². The summed E-state index contributed by atoms with van der Waals surface area (Å²) in [5, 5.41) is 10.6. The molecule has 3 N–H and O–H groups in total. The largest absolute Gasteiger partial charge is 0.472 e. The fourth-order valence-electron chi connectivity index (χ4n) is 10.5. The predicted molar refractivity (Wildman–Crippen MR) is 436 cm³/mol. The second kappa shape index (κ2) is 78.1. The van der Waals surface area contributed by atoms with Crippen LogP contribution in [0.1, 0.15) is 323 Å². The summed E-state index contributed by atoms with van der Waals surface area (Å²) in [5.74, 6) is -2.33. The summed E-state index contributed by atoms with van der Waals surface area (Å²) in [7, 11) is -10.00. The Kier molecular flexibility index (Phi) is 74.3. The van der Waals surface area contributed by atoms with Gasteiger partial charge in [-0.1, -0.05) is 283 Å². The van der Waals surface area contributed by atoms with E-state index in [1.807, 2.05) is 12.2 Å². The lowest BCUT2D eigenvalue weighted by atomic mass is 10.1. The van der Waals surface area contributed by atoms with Crippen LogP contribution in [0.3, 0.4) is 0 Å². The molecule has 0 fully saturated rings. The number of esters is 4. The molecule has 0 heterocycles. The Balaban J connectivity index is 5.45. The lowest BCUT2D eigenvalue weighted by Crippen LogP contribution is -2.30. The highest BCUT2D eigenvalue weighted by Crippen LogP contribution is 2.45. The number of hydrogen-bond donors (Lipinski definition) is 3. The van der Waals surface area contributed by atoms with Crippen molar-refractivity contribution in [3.63, 3.8) is 0 Å². The molecule has 0 spiro atoms. The fourth-order valence-corrected chi connectivity index (χ4v) is 12.1. The molecule has 0 aliphatic heterocycles. The SMILES string of the molecule is CC/C=C\C/C=C\C/C=C\C/C=C\C/C=C\CCCCCC(=O)OC[C@H](COP(=O)(O)OCC(O)COP(=O)(O)OC[C@@H](COC(=O)CC/C=C\C/C=C\C/C=C\C/C=C\C/C=C\CCCCC)OC(=O)CCCCCCC/C=C\CCCCCCCC)OC(=O)CCCCCCC/C=C\CCCCCC. The zero-order valence-corrected chi connectivity index (χ0v) is 68.1. The zero-order chi connectivity index (χ0) is 77.4. The molecule has 3 unspecified atom stereocenters. The molecule has 106 heavy (non-hydrogen) atoms. The van der Waals surface area contributed by atoms with Gasteiger partial charge < -0.3 is 33.8 Å². The van der Waals surface area contributed by atoms with Crippen LogP contribution in [0.25, 0.3) is 0 Å². The van der Waals surface area contributed by atoms with Crippen molar-refractivity contribution in [3.05, 3.63) is 146 Å². The van der Waals surface area contributed by atoms with E-state index in [0.29, 0.717) is 32.1 Å². The van der Waals surface area contributed by atoms with E-state index in [1.54, 1.807) is 0 Å². The molecule has 19 heteroatoms. The first-order chi connectivity index (χ1) is 51.7. The average molecular weight is 1530 g/mol. The summed E-state index contributed by atoms with van der Waals surface area (Å²) in [6.45, 7) is 4.58. The van der Waals surface area contributed by atoms with E-state index in [1.165, 1.54) is 83.5 Å². The van der Waals surface area contributed by atoms with E-state index >= 15 is 0 Å². The van der Waals surface area contributed by atoms with Gasteiger partial charge in [0.25, 0.3) is 0 Å². The molecule has 606 valence electrons. The maximum absolute atomic E-state index is 13.1. The summed E-state index contributed by atoms with van der Waals surface area (Å²) >= 11 is 0. The Hall–Kier alpha value is -5.06. The van der Waals surface area contributed by atoms with Gasteiger partial charge in [0.05, 0.1) is 26.4 Å². The number of carbonyl (C=O) groups is 4. The number of carbonyl (C=O) groups excluding carboxylic acids is 4. The van der Waals surface area contributed by atoms with Crippen molar-refractivity contribution in [2.24, 2.45) is 0 Å². The lowest BCUT2D eigenvalue weighted by molar-refractivity contribution is -0.161. The molecule has 0 aliphatic carbocycles. The molecule has 0 aliphatic rings. The minimum Gasteiger partial charge on any atom is -0.462 e. The number of rotatable bonds is 76. The van der Waals surface area contributed by atoms with Crippen molar-refractivity contribution in [2.75, 3.05) is 39.6 Å². The predicted octanol–water partition coefficient (Wildman–Crippen LogP) is 24.2. The monoisotopic (exact) mass is 1530 g/mol. The van der Waals surface area contributed by atoms with E-state index < -0.39 is 97.5 Å². The van der Waals surface area contributed by atoms with Crippen molar-refractivity contribution < 1.29 is 80.2 Å². The molecule has 0 amide bonds. The first kappa shape index (κ1) is 101. The lowest BCUT2D eigenvalue weighted by Gasteiger charge is -2.21. The highest BCUT2D eigenvalue weighted by atomic mass is 31.2. The second-order valence-corrected chi connectivity index (χ2v) is 29.9. The van der Waals surface area contributed by atoms with Crippen molar-refractivity contribution in [3.8, 4) is 0 Å². The number of ether oxygens (including phenoxy) is 4. The van der Waals surface area contributed by atoms with E-state index in [9.17, 15) is 43.2 Å². The zero-order valence-electron chi connectivity index (χ0n) is 66.3. The highest BCUT2D eigenvalue weighted by Gasteiger charge is 2.30. The molecule has 0 aromatic rings. The molecule has 0 bridgehead atoms. The molecule has 0 saturated carbocycles. The van der Waals surface area contributed by atoms with E-state index in [-0.39, 0.29) is 25.7 Å². The maximum Gasteiger partial charge on any atom is 0.472 e. The van der Waals surface area contributed by atoms with Gasteiger partial charge in [-0.2, -0.15) is 0 Å². The fraction of sp³-hybridized carbons (Fsp3) is 0.678. The first-order valence-electron chi connectivity index (χ1n) is 41.1. The Labute approximate surface area is 643 Å². The molecule has 0 rings (SSSR count). The third kappa shape index (κ3) is 77.1. The van der Waals surface area contributed by atoms with Crippen LogP contribution in [0.4, 0.5) is 0 Å². The Morgan fingerprint density at radius 1 is 0.274 bits per heavy atom. The molecule has 0 saturated heterocycles. The summed E-state index contributed by atoms with van der Waals surface area (Å²) in [6, 6.07) is 0. The molecule has 0 aromatic carbocycles. The van der Waals surface area contributed by atoms with Gasteiger partial charge in [-0.15, -0.1) is 0 Å². The number of phosphoric acid groups is 2. The third-order valence-corrected chi connectivity index (χ3v) is 18.7. The minimum absolute atomic E-state index is 0.0330.